The van der Waals surface area contributed by atoms with E-state index in [1.54, 1.807) is 12.1 Å². The van der Waals surface area contributed by atoms with Crippen LogP contribution in [0.3, 0.4) is 0 Å². The highest BCUT2D eigenvalue weighted by atomic mass is 32.2. The van der Waals surface area contributed by atoms with Crippen molar-refractivity contribution in [3.63, 3.8) is 0 Å². The monoisotopic (exact) mass is 296 g/mol. The molecular formula is C13H16N2O4S. The second-order valence-electron chi connectivity index (χ2n) is 3.98. The molecular weight excluding hydrogens is 280 g/mol. The van der Waals surface area contributed by atoms with Gasteiger partial charge in [-0.3, -0.25) is 0 Å². The van der Waals surface area contributed by atoms with Crippen LogP contribution in [-0.4, -0.2) is 21.6 Å². The van der Waals surface area contributed by atoms with Crippen LogP contribution >= 0.6 is 0 Å². The summed E-state index contributed by atoms with van der Waals surface area (Å²) in [6.45, 7) is 0.538. The summed E-state index contributed by atoms with van der Waals surface area (Å²) < 4.78 is 36.6. The van der Waals surface area contributed by atoms with Crippen molar-refractivity contribution in [3.8, 4) is 5.75 Å². The summed E-state index contributed by atoms with van der Waals surface area (Å²) in [6.07, 6.45) is 0. The number of nitrogens with two attached hydrogens (primary N) is 1. The first-order valence-electron chi connectivity index (χ1n) is 6.08. The fourth-order valence-corrected chi connectivity index (χ4v) is 2.50. The topological polar surface area (TPSA) is 94.6 Å². The average Bonchev–Trinajstić information content (AvgIpc) is 2.95. The van der Waals surface area contributed by atoms with Gasteiger partial charge in [0, 0.05) is 6.54 Å². The molecule has 1 aromatic carbocycles. The maximum absolute atomic E-state index is 11.9. The van der Waals surface area contributed by atoms with Crippen LogP contribution in [0.4, 0.5) is 0 Å². The lowest BCUT2D eigenvalue weighted by Crippen LogP contribution is -2.28. The predicted molar refractivity (Wildman–Crippen MR) is 73.7 cm³/mol. The molecule has 3 N–H and O–H groups in total. The van der Waals surface area contributed by atoms with E-state index in [0.717, 1.165) is 0 Å². The minimum atomic E-state index is -3.66. The van der Waals surface area contributed by atoms with Gasteiger partial charge in [0.2, 0.25) is 5.09 Å². The van der Waals surface area contributed by atoms with Crippen molar-refractivity contribution in [2.75, 3.05) is 13.2 Å². The largest absolute Gasteiger partial charge is 0.492 e. The van der Waals surface area contributed by atoms with E-state index in [-0.39, 0.29) is 24.8 Å². The van der Waals surface area contributed by atoms with Gasteiger partial charge in [-0.1, -0.05) is 18.2 Å². The van der Waals surface area contributed by atoms with Crippen LogP contribution in [0.1, 0.15) is 5.76 Å². The first-order valence-corrected chi connectivity index (χ1v) is 7.56. The number of hydrogen-bond donors (Lipinski definition) is 2. The molecule has 0 saturated carbocycles. The van der Waals surface area contributed by atoms with Gasteiger partial charge in [0.15, 0.2) is 0 Å². The number of ether oxygens (including phenoxy) is 1. The molecule has 0 amide bonds. The van der Waals surface area contributed by atoms with E-state index in [1.165, 1.54) is 12.1 Å². The van der Waals surface area contributed by atoms with E-state index < -0.39 is 10.0 Å². The zero-order chi connectivity index (χ0) is 14.4. The lowest BCUT2D eigenvalue weighted by molar-refractivity contribution is 0.322. The summed E-state index contributed by atoms with van der Waals surface area (Å²) in [4.78, 5) is 0. The van der Waals surface area contributed by atoms with Crippen molar-refractivity contribution >= 4 is 10.0 Å². The van der Waals surface area contributed by atoms with Gasteiger partial charge >= 0.3 is 0 Å². The van der Waals surface area contributed by atoms with E-state index >= 15 is 0 Å². The maximum Gasteiger partial charge on any atom is 0.274 e. The van der Waals surface area contributed by atoms with Crippen LogP contribution in [0.25, 0.3) is 0 Å². The second kappa shape index (κ2) is 6.56. The summed E-state index contributed by atoms with van der Waals surface area (Å²) in [6, 6.07) is 12.1. The Labute approximate surface area is 117 Å². The SMILES string of the molecule is NCc1ccc(S(=O)(=O)NCCOc2ccccc2)o1. The van der Waals surface area contributed by atoms with Crippen molar-refractivity contribution in [2.45, 2.75) is 11.6 Å². The van der Waals surface area contributed by atoms with Gasteiger partial charge in [-0.2, -0.15) is 0 Å². The molecule has 0 aliphatic carbocycles. The van der Waals surface area contributed by atoms with Crippen LogP contribution in [-0.2, 0) is 16.6 Å². The van der Waals surface area contributed by atoms with Gasteiger partial charge < -0.3 is 14.9 Å². The number of nitrogens with one attached hydrogen (secondary N) is 1. The Kier molecular flexibility index (Phi) is 4.78. The summed E-state index contributed by atoms with van der Waals surface area (Å²) >= 11 is 0. The zero-order valence-electron chi connectivity index (χ0n) is 10.8. The quantitative estimate of drug-likeness (QED) is 0.746. The van der Waals surface area contributed by atoms with Crippen molar-refractivity contribution < 1.29 is 17.6 Å². The molecule has 108 valence electrons. The van der Waals surface area contributed by atoms with Crippen LogP contribution in [0.15, 0.2) is 52.0 Å². The summed E-state index contributed by atoms with van der Waals surface area (Å²) in [7, 11) is -3.66. The van der Waals surface area contributed by atoms with Crippen LogP contribution in [0, 0.1) is 0 Å². The number of rotatable bonds is 7. The third-order valence-electron chi connectivity index (χ3n) is 2.51. The molecule has 0 aliphatic rings. The average molecular weight is 296 g/mol. The second-order valence-corrected chi connectivity index (χ2v) is 5.68. The summed E-state index contributed by atoms with van der Waals surface area (Å²) in [5.74, 6) is 1.11. The molecule has 7 heteroatoms. The fourth-order valence-electron chi connectivity index (χ4n) is 1.55. The third kappa shape index (κ3) is 3.83. The smallest absolute Gasteiger partial charge is 0.274 e. The molecule has 0 aliphatic heterocycles. The molecule has 20 heavy (non-hydrogen) atoms. The van der Waals surface area contributed by atoms with E-state index in [9.17, 15) is 8.42 Å². The van der Waals surface area contributed by atoms with E-state index in [2.05, 4.69) is 4.72 Å². The highest BCUT2D eigenvalue weighted by molar-refractivity contribution is 7.89. The standard InChI is InChI=1S/C13H16N2O4S/c14-10-12-6-7-13(19-12)20(16,17)15-8-9-18-11-4-2-1-3-5-11/h1-7,15H,8-10,14H2. The number of benzene rings is 1. The molecule has 6 nitrogen and oxygen atoms in total. The molecule has 0 fully saturated rings. The minimum absolute atomic E-state index is 0.141. The summed E-state index contributed by atoms with van der Waals surface area (Å²) in [5, 5.41) is -0.141. The van der Waals surface area contributed by atoms with Gasteiger partial charge in [-0.15, -0.1) is 0 Å². The lowest BCUT2D eigenvalue weighted by Gasteiger charge is -2.06. The Morgan fingerprint density at radius 3 is 2.55 bits per heavy atom. The molecule has 2 aromatic rings. The van der Waals surface area contributed by atoms with Crippen LogP contribution < -0.4 is 15.2 Å². The van der Waals surface area contributed by atoms with Crippen molar-refractivity contribution in [1.29, 1.82) is 0 Å². The molecule has 1 heterocycles. The Morgan fingerprint density at radius 2 is 1.90 bits per heavy atom. The summed E-state index contributed by atoms with van der Waals surface area (Å²) in [5.41, 5.74) is 5.36. The third-order valence-corrected chi connectivity index (χ3v) is 3.84. The molecule has 0 bridgehead atoms. The van der Waals surface area contributed by atoms with Gasteiger partial charge in [0.25, 0.3) is 10.0 Å². The molecule has 1 aromatic heterocycles. The van der Waals surface area contributed by atoms with Gasteiger partial charge in [-0.25, -0.2) is 13.1 Å². The lowest BCUT2D eigenvalue weighted by atomic mass is 10.3. The van der Waals surface area contributed by atoms with Gasteiger partial charge in [0.05, 0.1) is 6.54 Å². The van der Waals surface area contributed by atoms with Gasteiger partial charge in [-0.05, 0) is 24.3 Å². The molecule has 0 unspecified atom stereocenters. The number of para-hydroxylation sites is 1. The fraction of sp³-hybridized carbons (Fsp3) is 0.231. The molecule has 0 radical (unpaired) electrons. The Hall–Kier alpha value is -1.83. The highest BCUT2D eigenvalue weighted by Gasteiger charge is 2.17. The Bertz CT molecular complexity index is 637. The molecule has 0 spiro atoms. The van der Waals surface area contributed by atoms with E-state index in [1.807, 2.05) is 18.2 Å². The normalized spacial score (nSPS) is 11.4. The van der Waals surface area contributed by atoms with Crippen molar-refractivity contribution in [3.05, 3.63) is 48.2 Å². The number of sulfonamides is 1. The maximum atomic E-state index is 11.9. The van der Waals surface area contributed by atoms with E-state index in [0.29, 0.717) is 11.5 Å². The first-order chi connectivity index (χ1) is 9.62. The highest BCUT2D eigenvalue weighted by Crippen LogP contribution is 2.13. The van der Waals surface area contributed by atoms with Crippen molar-refractivity contribution in [1.82, 2.24) is 4.72 Å². The Balaban J connectivity index is 1.84. The van der Waals surface area contributed by atoms with Gasteiger partial charge in [0.1, 0.15) is 18.1 Å². The first kappa shape index (κ1) is 14.6. The zero-order valence-corrected chi connectivity index (χ0v) is 11.6. The molecule has 0 saturated heterocycles. The number of hydrogen-bond acceptors (Lipinski definition) is 5. The molecule has 2 rings (SSSR count). The van der Waals surface area contributed by atoms with Crippen LogP contribution in [0.5, 0.6) is 5.75 Å². The van der Waals surface area contributed by atoms with Crippen LogP contribution in [0.2, 0.25) is 0 Å². The van der Waals surface area contributed by atoms with Crippen molar-refractivity contribution in [2.24, 2.45) is 5.73 Å². The predicted octanol–water partition coefficient (Wildman–Crippen LogP) is 1.10. The Morgan fingerprint density at radius 1 is 1.15 bits per heavy atom. The van der Waals surface area contributed by atoms with E-state index in [4.69, 9.17) is 14.9 Å². The number of furan rings is 1. The molecule has 0 atom stereocenters. The minimum Gasteiger partial charge on any atom is -0.492 e.